The third-order valence-electron chi connectivity index (χ3n) is 2.24. The van der Waals surface area contributed by atoms with Crippen LogP contribution in [0, 0.1) is 0 Å². The van der Waals surface area contributed by atoms with E-state index in [1.165, 1.54) is 12.4 Å². The quantitative estimate of drug-likeness (QED) is 0.900. The molecule has 2 rings (SSSR count). The Hall–Kier alpha value is -1.95. The maximum atomic E-state index is 11.8. The molecule has 2 aromatic rings. The van der Waals surface area contributed by atoms with Crippen LogP contribution < -0.4 is 5.32 Å². The summed E-state index contributed by atoms with van der Waals surface area (Å²) in [5, 5.41) is 7.06. The van der Waals surface area contributed by atoms with E-state index in [2.05, 4.69) is 20.4 Å². The molecule has 1 unspecified atom stereocenters. The van der Waals surface area contributed by atoms with E-state index in [1.54, 1.807) is 10.9 Å². The van der Waals surface area contributed by atoms with Gasteiger partial charge in [0.1, 0.15) is 10.8 Å². The molecule has 0 aliphatic rings. The van der Waals surface area contributed by atoms with Crippen LogP contribution in [0.25, 0.3) is 0 Å². The number of hydrogen-bond acceptors (Lipinski definition) is 4. The van der Waals surface area contributed by atoms with Gasteiger partial charge in [0.05, 0.1) is 18.9 Å². The molecule has 0 saturated carbocycles. The van der Waals surface area contributed by atoms with E-state index in [-0.39, 0.29) is 22.8 Å². The second-order valence-corrected chi connectivity index (χ2v) is 4.22. The molecule has 18 heavy (non-hydrogen) atoms. The molecular weight excluding hydrogens is 254 g/mol. The highest BCUT2D eigenvalue weighted by molar-refractivity contribution is 6.29. The zero-order valence-electron chi connectivity index (χ0n) is 9.75. The van der Waals surface area contributed by atoms with Gasteiger partial charge in [0.2, 0.25) is 0 Å². The third kappa shape index (κ3) is 3.27. The van der Waals surface area contributed by atoms with Crippen LogP contribution in [0.2, 0.25) is 5.15 Å². The molecule has 0 saturated heterocycles. The molecule has 2 aromatic heterocycles. The largest absolute Gasteiger partial charge is 0.346 e. The van der Waals surface area contributed by atoms with Gasteiger partial charge in [-0.2, -0.15) is 5.10 Å². The molecule has 0 spiro atoms. The Labute approximate surface area is 109 Å². The van der Waals surface area contributed by atoms with Crippen LogP contribution in [0.4, 0.5) is 0 Å². The van der Waals surface area contributed by atoms with Crippen molar-refractivity contribution in [1.82, 2.24) is 25.1 Å². The number of halogens is 1. The Morgan fingerprint density at radius 1 is 1.56 bits per heavy atom. The van der Waals surface area contributed by atoms with E-state index in [4.69, 9.17) is 11.6 Å². The molecular formula is C11H12ClN5O. The standard InChI is InChI=1S/C11H12ClN5O/c1-8(7-17-4-2-3-14-17)15-11(18)9-5-13-6-10(12)16-9/h2-6,8H,7H2,1H3,(H,15,18). The summed E-state index contributed by atoms with van der Waals surface area (Å²) in [6.45, 7) is 2.48. The predicted octanol–water partition coefficient (Wildman–Crippen LogP) is 1.14. The van der Waals surface area contributed by atoms with Gasteiger partial charge in [-0.25, -0.2) is 4.98 Å². The Morgan fingerprint density at radius 3 is 3.06 bits per heavy atom. The van der Waals surface area contributed by atoms with Crippen LogP contribution in [0.15, 0.2) is 30.9 Å². The van der Waals surface area contributed by atoms with Gasteiger partial charge < -0.3 is 5.32 Å². The van der Waals surface area contributed by atoms with E-state index in [0.717, 1.165) is 0 Å². The maximum absolute atomic E-state index is 11.8. The first-order chi connectivity index (χ1) is 8.65. The molecule has 1 atom stereocenters. The van der Waals surface area contributed by atoms with Crippen molar-refractivity contribution >= 4 is 17.5 Å². The average molecular weight is 266 g/mol. The number of amides is 1. The molecule has 0 aromatic carbocycles. The zero-order chi connectivity index (χ0) is 13.0. The SMILES string of the molecule is CC(Cn1cccn1)NC(=O)c1cncc(Cl)n1. The minimum Gasteiger partial charge on any atom is -0.346 e. The Balaban J connectivity index is 1.95. The van der Waals surface area contributed by atoms with Crippen molar-refractivity contribution in [3.05, 3.63) is 41.7 Å². The lowest BCUT2D eigenvalue weighted by Gasteiger charge is -2.13. The van der Waals surface area contributed by atoms with Crippen molar-refractivity contribution in [3.8, 4) is 0 Å². The van der Waals surface area contributed by atoms with Gasteiger partial charge in [-0.3, -0.25) is 14.5 Å². The Bertz CT molecular complexity index is 528. The second kappa shape index (κ2) is 5.59. The molecule has 0 fully saturated rings. The summed E-state index contributed by atoms with van der Waals surface area (Å²) in [5.74, 6) is -0.301. The number of rotatable bonds is 4. The van der Waals surface area contributed by atoms with E-state index < -0.39 is 0 Å². The van der Waals surface area contributed by atoms with Crippen LogP contribution in [-0.4, -0.2) is 31.7 Å². The van der Waals surface area contributed by atoms with E-state index in [0.29, 0.717) is 6.54 Å². The highest BCUT2D eigenvalue weighted by Crippen LogP contribution is 2.02. The minimum absolute atomic E-state index is 0.0711. The molecule has 2 heterocycles. The maximum Gasteiger partial charge on any atom is 0.271 e. The summed E-state index contributed by atoms with van der Waals surface area (Å²) in [5.41, 5.74) is 0.204. The van der Waals surface area contributed by atoms with Gasteiger partial charge >= 0.3 is 0 Å². The molecule has 94 valence electrons. The van der Waals surface area contributed by atoms with Gasteiger partial charge in [-0.05, 0) is 13.0 Å². The topological polar surface area (TPSA) is 72.7 Å². The average Bonchev–Trinajstić information content (AvgIpc) is 2.81. The third-order valence-corrected chi connectivity index (χ3v) is 2.42. The van der Waals surface area contributed by atoms with Crippen molar-refractivity contribution in [1.29, 1.82) is 0 Å². The summed E-state index contributed by atoms with van der Waals surface area (Å²) in [7, 11) is 0. The second-order valence-electron chi connectivity index (χ2n) is 3.83. The van der Waals surface area contributed by atoms with Crippen molar-refractivity contribution in [2.24, 2.45) is 0 Å². The van der Waals surface area contributed by atoms with Gasteiger partial charge in [0.15, 0.2) is 0 Å². The lowest BCUT2D eigenvalue weighted by molar-refractivity contribution is 0.0930. The van der Waals surface area contributed by atoms with Crippen LogP contribution in [0.5, 0.6) is 0 Å². The van der Waals surface area contributed by atoms with Crippen molar-refractivity contribution in [2.75, 3.05) is 0 Å². The van der Waals surface area contributed by atoms with E-state index in [9.17, 15) is 4.79 Å². The van der Waals surface area contributed by atoms with Crippen LogP contribution in [-0.2, 0) is 6.54 Å². The van der Waals surface area contributed by atoms with Crippen LogP contribution in [0.3, 0.4) is 0 Å². The lowest BCUT2D eigenvalue weighted by Crippen LogP contribution is -2.36. The molecule has 0 aliphatic heterocycles. The molecule has 7 heteroatoms. The number of nitrogens with zero attached hydrogens (tertiary/aromatic N) is 4. The minimum atomic E-state index is -0.301. The zero-order valence-corrected chi connectivity index (χ0v) is 10.5. The Morgan fingerprint density at radius 2 is 2.39 bits per heavy atom. The summed E-state index contributed by atoms with van der Waals surface area (Å²) in [4.78, 5) is 19.5. The first-order valence-corrected chi connectivity index (χ1v) is 5.79. The first-order valence-electron chi connectivity index (χ1n) is 5.41. The Kier molecular flexibility index (Phi) is 3.88. The highest BCUT2D eigenvalue weighted by atomic mass is 35.5. The molecule has 0 bridgehead atoms. The molecule has 1 N–H and O–H groups in total. The molecule has 0 aliphatic carbocycles. The highest BCUT2D eigenvalue weighted by Gasteiger charge is 2.12. The summed E-state index contributed by atoms with van der Waals surface area (Å²) < 4.78 is 1.74. The number of hydrogen-bond donors (Lipinski definition) is 1. The van der Waals surface area contributed by atoms with Crippen molar-refractivity contribution in [3.63, 3.8) is 0 Å². The fourth-order valence-electron chi connectivity index (χ4n) is 1.48. The van der Waals surface area contributed by atoms with E-state index in [1.807, 2.05) is 19.2 Å². The smallest absolute Gasteiger partial charge is 0.271 e. The number of carbonyl (C=O) groups excluding carboxylic acids is 1. The summed E-state index contributed by atoms with van der Waals surface area (Å²) in [6, 6.07) is 1.76. The summed E-state index contributed by atoms with van der Waals surface area (Å²) in [6.07, 6.45) is 6.28. The molecule has 0 radical (unpaired) electrons. The predicted molar refractivity (Wildman–Crippen MR) is 66.2 cm³/mol. The van der Waals surface area contributed by atoms with Crippen LogP contribution >= 0.6 is 11.6 Å². The fraction of sp³-hybridized carbons (Fsp3) is 0.273. The monoisotopic (exact) mass is 265 g/mol. The van der Waals surface area contributed by atoms with Gasteiger partial charge in [-0.15, -0.1) is 0 Å². The number of carbonyl (C=O) groups is 1. The lowest BCUT2D eigenvalue weighted by atomic mass is 10.3. The number of aromatic nitrogens is 4. The van der Waals surface area contributed by atoms with Gasteiger partial charge in [0, 0.05) is 18.4 Å². The van der Waals surface area contributed by atoms with Crippen molar-refractivity contribution < 1.29 is 4.79 Å². The van der Waals surface area contributed by atoms with Gasteiger partial charge in [0.25, 0.3) is 5.91 Å². The summed E-state index contributed by atoms with van der Waals surface area (Å²) >= 11 is 5.67. The fourth-order valence-corrected chi connectivity index (χ4v) is 1.63. The molecule has 1 amide bonds. The van der Waals surface area contributed by atoms with E-state index >= 15 is 0 Å². The van der Waals surface area contributed by atoms with Crippen LogP contribution in [0.1, 0.15) is 17.4 Å². The normalized spacial score (nSPS) is 12.1. The first kappa shape index (κ1) is 12.5. The number of nitrogens with one attached hydrogen (secondary N) is 1. The molecule has 6 nitrogen and oxygen atoms in total. The van der Waals surface area contributed by atoms with Gasteiger partial charge in [-0.1, -0.05) is 11.6 Å². The van der Waals surface area contributed by atoms with Crippen molar-refractivity contribution in [2.45, 2.75) is 19.5 Å².